The summed E-state index contributed by atoms with van der Waals surface area (Å²) in [4.78, 5) is 13.9. The van der Waals surface area contributed by atoms with Crippen molar-refractivity contribution < 1.29 is 4.79 Å². The number of nitrogens with two attached hydrogens (primary N) is 1. The van der Waals surface area contributed by atoms with Crippen LogP contribution in [0.1, 0.15) is 24.0 Å². The summed E-state index contributed by atoms with van der Waals surface area (Å²) in [5, 5.41) is 0. The summed E-state index contributed by atoms with van der Waals surface area (Å²) in [6, 6.07) is 6.41. The Bertz CT molecular complexity index is 447. The Morgan fingerprint density at radius 1 is 1.56 bits per heavy atom. The molecule has 0 bridgehead atoms. The highest BCUT2D eigenvalue weighted by Gasteiger charge is 2.22. The molecule has 0 aliphatic carbocycles. The van der Waals surface area contributed by atoms with Crippen LogP contribution >= 0.6 is 15.9 Å². The monoisotopic (exact) mass is 310 g/mol. The lowest BCUT2D eigenvalue weighted by molar-refractivity contribution is -0.130. The van der Waals surface area contributed by atoms with Crippen molar-refractivity contribution in [1.82, 2.24) is 4.90 Å². The zero-order valence-electron chi connectivity index (χ0n) is 10.7. The van der Waals surface area contributed by atoms with Crippen molar-refractivity contribution in [3.8, 4) is 0 Å². The first-order valence-electron chi connectivity index (χ1n) is 6.34. The maximum Gasteiger partial charge on any atom is 0.222 e. The van der Waals surface area contributed by atoms with Gasteiger partial charge in [0.2, 0.25) is 5.91 Å². The second-order valence-corrected chi connectivity index (χ2v) is 5.83. The normalized spacial score (nSPS) is 19.3. The highest BCUT2D eigenvalue weighted by molar-refractivity contribution is 9.10. The summed E-state index contributed by atoms with van der Waals surface area (Å²) in [6.45, 7) is 3.60. The molecule has 1 saturated heterocycles. The highest BCUT2D eigenvalue weighted by Crippen LogP contribution is 2.18. The number of benzene rings is 1. The Morgan fingerprint density at radius 3 is 2.94 bits per heavy atom. The Balaban J connectivity index is 1.87. The lowest BCUT2D eigenvalue weighted by Crippen LogP contribution is -2.31. The number of likely N-dealkylation sites (tertiary alicyclic amines) is 1. The maximum atomic E-state index is 12.0. The van der Waals surface area contributed by atoms with Crippen LogP contribution in [-0.4, -0.2) is 29.9 Å². The van der Waals surface area contributed by atoms with E-state index in [9.17, 15) is 4.79 Å². The van der Waals surface area contributed by atoms with E-state index in [0.29, 0.717) is 6.42 Å². The van der Waals surface area contributed by atoms with E-state index < -0.39 is 0 Å². The first-order valence-corrected chi connectivity index (χ1v) is 7.14. The zero-order chi connectivity index (χ0) is 13.1. The second kappa shape index (κ2) is 5.85. The smallest absolute Gasteiger partial charge is 0.222 e. The lowest BCUT2D eigenvalue weighted by atomic mass is 10.1. The van der Waals surface area contributed by atoms with Crippen LogP contribution in [0.2, 0.25) is 0 Å². The molecule has 1 atom stereocenters. The fourth-order valence-corrected chi connectivity index (χ4v) is 2.53. The van der Waals surface area contributed by atoms with Crippen LogP contribution in [0.4, 0.5) is 0 Å². The molecule has 0 spiro atoms. The van der Waals surface area contributed by atoms with Crippen LogP contribution in [0.5, 0.6) is 0 Å². The summed E-state index contributed by atoms with van der Waals surface area (Å²) in [5.74, 6) is 0.225. The molecular weight excluding hydrogens is 292 g/mol. The molecule has 1 unspecified atom stereocenters. The Kier molecular flexibility index (Phi) is 4.40. The molecule has 1 aliphatic rings. The van der Waals surface area contributed by atoms with Crippen molar-refractivity contribution in [2.75, 3.05) is 13.1 Å². The molecule has 2 N–H and O–H groups in total. The van der Waals surface area contributed by atoms with E-state index in [-0.39, 0.29) is 11.9 Å². The highest BCUT2D eigenvalue weighted by atomic mass is 79.9. The molecular formula is C14H19BrN2O. The van der Waals surface area contributed by atoms with Gasteiger partial charge in [-0.05, 0) is 37.0 Å². The number of hydrogen-bond donors (Lipinski definition) is 1. The minimum atomic E-state index is 0.170. The number of carbonyl (C=O) groups is 1. The predicted octanol–water partition coefficient (Wildman–Crippen LogP) is 2.25. The molecule has 18 heavy (non-hydrogen) atoms. The van der Waals surface area contributed by atoms with Crippen LogP contribution < -0.4 is 5.73 Å². The Morgan fingerprint density at radius 2 is 2.33 bits per heavy atom. The maximum absolute atomic E-state index is 12.0. The summed E-state index contributed by atoms with van der Waals surface area (Å²) in [7, 11) is 0. The predicted molar refractivity (Wildman–Crippen MR) is 76.4 cm³/mol. The average molecular weight is 311 g/mol. The summed E-state index contributed by atoms with van der Waals surface area (Å²) < 4.78 is 1.11. The van der Waals surface area contributed by atoms with E-state index in [2.05, 4.69) is 35.0 Å². The molecule has 4 heteroatoms. The molecule has 3 nitrogen and oxygen atoms in total. The largest absolute Gasteiger partial charge is 0.341 e. The van der Waals surface area contributed by atoms with Gasteiger partial charge >= 0.3 is 0 Å². The molecule has 1 aromatic rings. The van der Waals surface area contributed by atoms with Gasteiger partial charge in [-0.3, -0.25) is 4.79 Å². The number of halogens is 1. The Labute approximate surface area is 116 Å². The van der Waals surface area contributed by atoms with E-state index in [1.54, 1.807) is 0 Å². The number of rotatable bonds is 3. The van der Waals surface area contributed by atoms with Gasteiger partial charge < -0.3 is 10.6 Å². The van der Waals surface area contributed by atoms with Gasteiger partial charge in [0.15, 0.2) is 0 Å². The van der Waals surface area contributed by atoms with Gasteiger partial charge in [0.05, 0.1) is 0 Å². The van der Waals surface area contributed by atoms with Gasteiger partial charge in [0.1, 0.15) is 0 Å². The average Bonchev–Trinajstić information content (AvgIpc) is 2.77. The van der Waals surface area contributed by atoms with Crippen LogP contribution in [0.3, 0.4) is 0 Å². The van der Waals surface area contributed by atoms with Crippen molar-refractivity contribution in [2.45, 2.75) is 32.2 Å². The van der Waals surface area contributed by atoms with Crippen LogP contribution in [0, 0.1) is 6.92 Å². The third-order valence-corrected chi connectivity index (χ3v) is 4.32. The van der Waals surface area contributed by atoms with E-state index in [0.717, 1.165) is 30.4 Å². The molecule has 0 radical (unpaired) electrons. The quantitative estimate of drug-likeness (QED) is 0.930. The van der Waals surface area contributed by atoms with Gasteiger partial charge in [-0.15, -0.1) is 0 Å². The third kappa shape index (κ3) is 3.33. The van der Waals surface area contributed by atoms with E-state index in [1.807, 2.05) is 11.0 Å². The molecule has 1 heterocycles. The van der Waals surface area contributed by atoms with Gasteiger partial charge in [-0.2, -0.15) is 0 Å². The Hall–Kier alpha value is -0.870. The second-order valence-electron chi connectivity index (χ2n) is 4.97. The van der Waals surface area contributed by atoms with Gasteiger partial charge in [0.25, 0.3) is 0 Å². The molecule has 0 saturated carbocycles. The molecule has 98 valence electrons. The molecule has 2 rings (SSSR count). The van der Waals surface area contributed by atoms with Gasteiger partial charge in [-0.25, -0.2) is 0 Å². The fraction of sp³-hybridized carbons (Fsp3) is 0.500. The molecule has 1 amide bonds. The number of hydrogen-bond acceptors (Lipinski definition) is 2. The van der Waals surface area contributed by atoms with Crippen molar-refractivity contribution in [2.24, 2.45) is 5.73 Å². The van der Waals surface area contributed by atoms with E-state index >= 15 is 0 Å². The molecule has 1 aromatic carbocycles. The number of amides is 1. The minimum absolute atomic E-state index is 0.170. The standard InChI is InChI=1S/C14H19BrN2O/c1-10-8-11(2-4-13(10)15)3-5-14(18)17-7-6-12(16)9-17/h2,4,8,12H,3,5-7,9,16H2,1H3. The summed E-state index contributed by atoms with van der Waals surface area (Å²) >= 11 is 3.48. The lowest BCUT2D eigenvalue weighted by Gasteiger charge is -2.15. The number of nitrogens with zero attached hydrogens (tertiary/aromatic N) is 1. The SMILES string of the molecule is Cc1cc(CCC(=O)N2CCC(N)C2)ccc1Br. The van der Waals surface area contributed by atoms with E-state index in [1.165, 1.54) is 11.1 Å². The van der Waals surface area contributed by atoms with Gasteiger partial charge in [0, 0.05) is 30.0 Å². The topological polar surface area (TPSA) is 46.3 Å². The first kappa shape index (κ1) is 13.6. The molecule has 1 aliphatic heterocycles. The third-order valence-electron chi connectivity index (χ3n) is 3.43. The fourth-order valence-electron chi connectivity index (χ4n) is 2.29. The van der Waals surface area contributed by atoms with Crippen molar-refractivity contribution in [3.63, 3.8) is 0 Å². The minimum Gasteiger partial charge on any atom is -0.341 e. The molecule has 1 fully saturated rings. The van der Waals surface area contributed by atoms with Crippen molar-refractivity contribution >= 4 is 21.8 Å². The van der Waals surface area contributed by atoms with Crippen molar-refractivity contribution in [1.29, 1.82) is 0 Å². The van der Waals surface area contributed by atoms with Gasteiger partial charge in [-0.1, -0.05) is 28.1 Å². The van der Waals surface area contributed by atoms with E-state index in [4.69, 9.17) is 5.73 Å². The first-order chi connectivity index (χ1) is 8.56. The molecule has 0 aromatic heterocycles. The van der Waals surface area contributed by atoms with Crippen LogP contribution in [0.25, 0.3) is 0 Å². The van der Waals surface area contributed by atoms with Crippen molar-refractivity contribution in [3.05, 3.63) is 33.8 Å². The van der Waals surface area contributed by atoms with Crippen LogP contribution in [0.15, 0.2) is 22.7 Å². The number of carbonyl (C=O) groups excluding carboxylic acids is 1. The zero-order valence-corrected chi connectivity index (χ0v) is 12.2. The summed E-state index contributed by atoms with van der Waals surface area (Å²) in [6.07, 6.45) is 2.32. The number of aryl methyl sites for hydroxylation is 2. The summed E-state index contributed by atoms with van der Waals surface area (Å²) in [5.41, 5.74) is 8.23. The van der Waals surface area contributed by atoms with Crippen LogP contribution in [-0.2, 0) is 11.2 Å².